The van der Waals surface area contributed by atoms with Crippen LogP contribution in [-0.2, 0) is 19.6 Å². The predicted octanol–water partition coefficient (Wildman–Crippen LogP) is 3.99. The molecule has 0 fully saturated rings. The smallest absolute Gasteiger partial charge is 0.259 e. The SMILES string of the molecule is CCc1c(C)nc2n(c1=O)CN(Cc1ccc(C)cc1)CN2c1ccccc1. The number of nitrogens with zero attached hydrogens (tertiary/aromatic N) is 4. The molecule has 1 aromatic heterocycles. The van der Waals surface area contributed by atoms with E-state index in [0.29, 0.717) is 19.8 Å². The molecule has 4 rings (SSSR count). The summed E-state index contributed by atoms with van der Waals surface area (Å²) in [6, 6.07) is 18.8. The van der Waals surface area contributed by atoms with E-state index in [0.717, 1.165) is 29.4 Å². The van der Waals surface area contributed by atoms with E-state index in [2.05, 4.69) is 53.1 Å². The number of benzene rings is 2. The molecule has 0 spiro atoms. The van der Waals surface area contributed by atoms with Crippen LogP contribution in [0.2, 0.25) is 0 Å². The Hall–Kier alpha value is -2.92. The van der Waals surface area contributed by atoms with Crippen LogP contribution in [0.15, 0.2) is 59.4 Å². The predicted molar refractivity (Wildman–Crippen MR) is 113 cm³/mol. The third kappa shape index (κ3) is 3.45. The summed E-state index contributed by atoms with van der Waals surface area (Å²) in [4.78, 5) is 22.4. The second kappa shape index (κ2) is 7.60. The Labute approximate surface area is 165 Å². The first kappa shape index (κ1) is 18.4. The zero-order valence-electron chi connectivity index (χ0n) is 16.7. The van der Waals surface area contributed by atoms with E-state index < -0.39 is 0 Å². The Morgan fingerprint density at radius 3 is 2.36 bits per heavy atom. The van der Waals surface area contributed by atoms with Gasteiger partial charge in [-0.15, -0.1) is 0 Å². The lowest BCUT2D eigenvalue weighted by atomic mass is 10.1. The Bertz CT molecular complexity index is 1020. The van der Waals surface area contributed by atoms with Crippen molar-refractivity contribution in [3.63, 3.8) is 0 Å². The van der Waals surface area contributed by atoms with Crippen LogP contribution in [0, 0.1) is 13.8 Å². The molecule has 5 nitrogen and oxygen atoms in total. The fourth-order valence-electron chi connectivity index (χ4n) is 3.79. The van der Waals surface area contributed by atoms with Gasteiger partial charge in [-0.05, 0) is 38.0 Å². The summed E-state index contributed by atoms with van der Waals surface area (Å²) in [5.41, 5.74) is 5.23. The fraction of sp³-hybridized carbons (Fsp3) is 0.304. The van der Waals surface area contributed by atoms with Gasteiger partial charge in [-0.25, -0.2) is 4.98 Å². The van der Waals surface area contributed by atoms with E-state index in [1.165, 1.54) is 11.1 Å². The lowest BCUT2D eigenvalue weighted by Crippen LogP contribution is -2.47. The topological polar surface area (TPSA) is 41.4 Å². The molecule has 1 aliphatic rings. The van der Waals surface area contributed by atoms with Crippen molar-refractivity contribution < 1.29 is 0 Å². The molecule has 3 aromatic rings. The molecule has 5 heteroatoms. The molecule has 0 aliphatic carbocycles. The molecular weight excluding hydrogens is 348 g/mol. The summed E-state index contributed by atoms with van der Waals surface area (Å²) in [6.07, 6.45) is 0.696. The zero-order valence-corrected chi connectivity index (χ0v) is 16.7. The van der Waals surface area contributed by atoms with Crippen LogP contribution in [0.4, 0.5) is 11.6 Å². The van der Waals surface area contributed by atoms with E-state index >= 15 is 0 Å². The number of fused-ring (bicyclic) bond motifs is 1. The monoisotopic (exact) mass is 374 g/mol. The van der Waals surface area contributed by atoms with E-state index in [-0.39, 0.29) is 5.56 Å². The van der Waals surface area contributed by atoms with E-state index in [9.17, 15) is 4.79 Å². The third-order valence-electron chi connectivity index (χ3n) is 5.32. The second-order valence-corrected chi connectivity index (χ2v) is 7.42. The molecule has 28 heavy (non-hydrogen) atoms. The number of para-hydroxylation sites is 1. The van der Waals surface area contributed by atoms with Crippen molar-refractivity contribution in [1.29, 1.82) is 0 Å². The average molecular weight is 374 g/mol. The molecule has 2 heterocycles. The van der Waals surface area contributed by atoms with E-state index in [1.54, 1.807) is 0 Å². The number of rotatable bonds is 4. The van der Waals surface area contributed by atoms with Crippen LogP contribution in [0.25, 0.3) is 0 Å². The Balaban J connectivity index is 1.76. The first-order valence-corrected chi connectivity index (χ1v) is 9.77. The largest absolute Gasteiger partial charge is 0.298 e. The quantitative estimate of drug-likeness (QED) is 0.692. The van der Waals surface area contributed by atoms with Crippen molar-refractivity contribution in [2.75, 3.05) is 11.6 Å². The molecule has 144 valence electrons. The minimum absolute atomic E-state index is 0.0690. The molecule has 0 bridgehead atoms. The molecule has 0 radical (unpaired) electrons. The van der Waals surface area contributed by atoms with Gasteiger partial charge in [0.2, 0.25) is 5.95 Å². The van der Waals surface area contributed by atoms with Crippen LogP contribution < -0.4 is 10.5 Å². The molecule has 2 aromatic carbocycles. The number of hydrogen-bond acceptors (Lipinski definition) is 4. The first-order chi connectivity index (χ1) is 13.6. The highest BCUT2D eigenvalue weighted by molar-refractivity contribution is 5.58. The lowest BCUT2D eigenvalue weighted by molar-refractivity contribution is 0.189. The lowest BCUT2D eigenvalue weighted by Gasteiger charge is -2.38. The fourth-order valence-corrected chi connectivity index (χ4v) is 3.79. The number of hydrogen-bond donors (Lipinski definition) is 0. The van der Waals surface area contributed by atoms with Gasteiger partial charge in [0, 0.05) is 23.5 Å². The highest BCUT2D eigenvalue weighted by atomic mass is 16.1. The van der Waals surface area contributed by atoms with Gasteiger partial charge in [0.25, 0.3) is 5.56 Å². The van der Waals surface area contributed by atoms with Crippen molar-refractivity contribution >= 4 is 11.6 Å². The summed E-state index contributed by atoms with van der Waals surface area (Å²) in [7, 11) is 0. The maximum atomic E-state index is 13.2. The molecule has 0 atom stereocenters. The Morgan fingerprint density at radius 2 is 1.68 bits per heavy atom. The van der Waals surface area contributed by atoms with Gasteiger partial charge in [-0.1, -0.05) is 55.0 Å². The normalized spacial score (nSPS) is 14.2. The molecule has 0 amide bonds. The summed E-state index contributed by atoms with van der Waals surface area (Å²) in [5, 5.41) is 0. The van der Waals surface area contributed by atoms with Gasteiger partial charge < -0.3 is 0 Å². The van der Waals surface area contributed by atoms with Crippen LogP contribution >= 0.6 is 0 Å². The first-order valence-electron chi connectivity index (χ1n) is 9.77. The summed E-state index contributed by atoms with van der Waals surface area (Å²) < 4.78 is 1.82. The Morgan fingerprint density at radius 1 is 0.964 bits per heavy atom. The minimum Gasteiger partial charge on any atom is -0.298 e. The van der Waals surface area contributed by atoms with Gasteiger partial charge >= 0.3 is 0 Å². The van der Waals surface area contributed by atoms with Crippen LogP contribution in [0.3, 0.4) is 0 Å². The van der Waals surface area contributed by atoms with Gasteiger partial charge in [-0.2, -0.15) is 0 Å². The van der Waals surface area contributed by atoms with E-state index in [1.807, 2.05) is 36.6 Å². The molecule has 0 N–H and O–H groups in total. The second-order valence-electron chi connectivity index (χ2n) is 7.42. The number of aromatic nitrogens is 2. The van der Waals surface area contributed by atoms with Crippen molar-refractivity contribution in [2.24, 2.45) is 0 Å². The molecule has 1 aliphatic heterocycles. The van der Waals surface area contributed by atoms with Crippen LogP contribution in [0.5, 0.6) is 0 Å². The van der Waals surface area contributed by atoms with Gasteiger partial charge in [0.05, 0.1) is 13.3 Å². The molecular formula is C23H26N4O. The summed E-state index contributed by atoms with van der Waals surface area (Å²) >= 11 is 0. The maximum Gasteiger partial charge on any atom is 0.259 e. The molecule has 0 saturated carbocycles. The van der Waals surface area contributed by atoms with Gasteiger partial charge in [-0.3, -0.25) is 19.2 Å². The Kier molecular flexibility index (Phi) is 5.01. The van der Waals surface area contributed by atoms with Crippen molar-refractivity contribution in [3.05, 3.63) is 87.3 Å². The average Bonchev–Trinajstić information content (AvgIpc) is 2.71. The molecule has 0 unspecified atom stereocenters. The van der Waals surface area contributed by atoms with Crippen molar-refractivity contribution in [1.82, 2.24) is 14.5 Å². The van der Waals surface area contributed by atoms with Crippen LogP contribution in [0.1, 0.15) is 29.3 Å². The third-order valence-corrected chi connectivity index (χ3v) is 5.32. The van der Waals surface area contributed by atoms with Crippen molar-refractivity contribution in [3.8, 4) is 0 Å². The minimum atomic E-state index is 0.0690. The number of aryl methyl sites for hydroxylation is 2. The van der Waals surface area contributed by atoms with Crippen LogP contribution in [-0.4, -0.2) is 21.1 Å². The standard InChI is InChI=1S/C23H26N4O/c1-4-21-18(3)24-23-26(20-8-6-5-7-9-20)15-25(16-27(23)22(21)28)14-19-12-10-17(2)11-13-19/h5-13H,4,14-16H2,1-3H3. The zero-order chi connectivity index (χ0) is 19.7. The van der Waals surface area contributed by atoms with Gasteiger partial charge in [0.15, 0.2) is 0 Å². The molecule has 0 saturated heterocycles. The summed E-state index contributed by atoms with van der Waals surface area (Å²) in [6.45, 7) is 8.06. The summed E-state index contributed by atoms with van der Waals surface area (Å²) in [5.74, 6) is 0.728. The van der Waals surface area contributed by atoms with Gasteiger partial charge in [0.1, 0.15) is 0 Å². The highest BCUT2D eigenvalue weighted by Gasteiger charge is 2.27. The van der Waals surface area contributed by atoms with Crippen molar-refractivity contribution in [2.45, 2.75) is 40.4 Å². The highest BCUT2D eigenvalue weighted by Crippen LogP contribution is 2.28. The van der Waals surface area contributed by atoms with E-state index in [4.69, 9.17) is 4.98 Å². The maximum absolute atomic E-state index is 13.2. The number of anilines is 2.